The van der Waals surface area contributed by atoms with E-state index >= 15 is 0 Å². The fourth-order valence-corrected chi connectivity index (χ4v) is 2.13. The van der Waals surface area contributed by atoms with Crippen LogP contribution in [0.4, 0.5) is 0 Å². The van der Waals surface area contributed by atoms with E-state index in [1.165, 1.54) is 11.3 Å². The minimum Gasteiger partial charge on any atom is -0.478 e. The second kappa shape index (κ2) is 4.57. The van der Waals surface area contributed by atoms with Crippen LogP contribution in [0.3, 0.4) is 0 Å². The second-order valence-electron chi connectivity index (χ2n) is 2.77. The number of benzene rings is 1. The number of hydrogen-bond acceptors (Lipinski definition) is 4. The molecule has 0 saturated heterocycles. The number of aromatic carboxylic acids is 1. The Balaban J connectivity index is 0.00000112. The van der Waals surface area contributed by atoms with Gasteiger partial charge in [0.15, 0.2) is 0 Å². The molecule has 0 aliphatic carbocycles. The molecule has 0 spiro atoms. The van der Waals surface area contributed by atoms with Gasteiger partial charge in [-0.25, -0.2) is 9.78 Å². The standard InChI is InChI=1S/C9H8N2O2S.ClH/c10-4-7-11-8-5(9(12)13)2-1-3-6(8)14-7;/h1-3H,4,10H2,(H,12,13);1H. The molecule has 0 atom stereocenters. The molecule has 6 heteroatoms. The maximum absolute atomic E-state index is 10.8. The van der Waals surface area contributed by atoms with Gasteiger partial charge in [-0.2, -0.15) is 0 Å². The van der Waals surface area contributed by atoms with Crippen LogP contribution in [0.1, 0.15) is 15.4 Å². The molecule has 4 nitrogen and oxygen atoms in total. The van der Waals surface area contributed by atoms with E-state index < -0.39 is 5.97 Å². The zero-order chi connectivity index (χ0) is 10.1. The molecule has 2 aromatic rings. The fourth-order valence-electron chi connectivity index (χ4n) is 1.25. The minimum atomic E-state index is -0.954. The van der Waals surface area contributed by atoms with Crippen LogP contribution in [-0.4, -0.2) is 16.1 Å². The summed E-state index contributed by atoms with van der Waals surface area (Å²) in [6.45, 7) is 0.346. The molecule has 0 saturated carbocycles. The topological polar surface area (TPSA) is 76.2 Å². The molecule has 1 heterocycles. The van der Waals surface area contributed by atoms with Crippen LogP contribution in [0.25, 0.3) is 10.2 Å². The first-order chi connectivity index (χ1) is 6.72. The zero-order valence-corrected chi connectivity index (χ0v) is 9.27. The van der Waals surface area contributed by atoms with Gasteiger partial charge in [0.05, 0.1) is 15.8 Å². The number of rotatable bonds is 2. The molecule has 1 aromatic carbocycles. The highest BCUT2D eigenvalue weighted by molar-refractivity contribution is 7.18. The second-order valence-corrected chi connectivity index (χ2v) is 3.88. The molecule has 3 N–H and O–H groups in total. The smallest absolute Gasteiger partial charge is 0.337 e. The minimum absolute atomic E-state index is 0. The summed E-state index contributed by atoms with van der Waals surface area (Å²) in [6.07, 6.45) is 0. The number of halogens is 1. The van der Waals surface area contributed by atoms with E-state index in [1.54, 1.807) is 12.1 Å². The van der Waals surface area contributed by atoms with Crippen molar-refractivity contribution in [2.45, 2.75) is 6.54 Å². The van der Waals surface area contributed by atoms with E-state index in [1.807, 2.05) is 6.07 Å². The van der Waals surface area contributed by atoms with Crippen molar-refractivity contribution >= 4 is 39.9 Å². The summed E-state index contributed by atoms with van der Waals surface area (Å²) < 4.78 is 0.866. The van der Waals surface area contributed by atoms with Gasteiger partial charge in [-0.05, 0) is 12.1 Å². The Hall–Kier alpha value is -1.17. The maximum Gasteiger partial charge on any atom is 0.337 e. The van der Waals surface area contributed by atoms with Gasteiger partial charge in [0.2, 0.25) is 0 Å². The maximum atomic E-state index is 10.8. The Morgan fingerprint density at radius 2 is 2.27 bits per heavy atom. The van der Waals surface area contributed by atoms with Crippen molar-refractivity contribution in [3.63, 3.8) is 0 Å². The van der Waals surface area contributed by atoms with Crippen molar-refractivity contribution in [2.75, 3.05) is 0 Å². The highest BCUT2D eigenvalue weighted by atomic mass is 35.5. The highest BCUT2D eigenvalue weighted by Crippen LogP contribution is 2.24. The van der Waals surface area contributed by atoms with Crippen LogP contribution < -0.4 is 5.73 Å². The lowest BCUT2D eigenvalue weighted by Gasteiger charge is -1.93. The number of thiazole rings is 1. The lowest BCUT2D eigenvalue weighted by Crippen LogP contribution is -1.98. The molecular weight excluding hydrogens is 236 g/mol. The van der Waals surface area contributed by atoms with Crippen molar-refractivity contribution in [1.29, 1.82) is 0 Å². The lowest BCUT2D eigenvalue weighted by molar-refractivity contribution is 0.0699. The molecule has 0 bridgehead atoms. The summed E-state index contributed by atoms with van der Waals surface area (Å²) in [5.41, 5.74) is 6.21. The highest BCUT2D eigenvalue weighted by Gasteiger charge is 2.11. The first-order valence-electron chi connectivity index (χ1n) is 4.04. The first kappa shape index (κ1) is 11.9. The number of carboxylic acids is 1. The quantitative estimate of drug-likeness (QED) is 0.846. The van der Waals surface area contributed by atoms with E-state index in [4.69, 9.17) is 10.8 Å². The van der Waals surface area contributed by atoms with Crippen LogP contribution in [0, 0.1) is 0 Å². The molecule has 0 radical (unpaired) electrons. The summed E-state index contributed by atoms with van der Waals surface area (Å²) in [7, 11) is 0. The molecule has 0 amide bonds. The monoisotopic (exact) mass is 244 g/mol. The third-order valence-electron chi connectivity index (χ3n) is 1.87. The Morgan fingerprint density at radius 3 is 2.87 bits per heavy atom. The average molecular weight is 245 g/mol. The number of nitrogens with zero attached hydrogens (tertiary/aromatic N) is 1. The lowest BCUT2D eigenvalue weighted by atomic mass is 10.2. The number of fused-ring (bicyclic) bond motifs is 1. The van der Waals surface area contributed by atoms with Crippen molar-refractivity contribution < 1.29 is 9.90 Å². The molecule has 0 unspecified atom stereocenters. The summed E-state index contributed by atoms with van der Waals surface area (Å²) in [4.78, 5) is 15.0. The number of carboxylic acid groups (broad SMARTS) is 1. The summed E-state index contributed by atoms with van der Waals surface area (Å²) in [5.74, 6) is -0.954. The van der Waals surface area contributed by atoms with E-state index in [0.717, 1.165) is 9.71 Å². The molecule has 1 aromatic heterocycles. The largest absolute Gasteiger partial charge is 0.478 e. The predicted molar refractivity (Wildman–Crippen MR) is 61.7 cm³/mol. The van der Waals surface area contributed by atoms with E-state index in [9.17, 15) is 4.79 Å². The normalized spacial score (nSPS) is 9.93. The van der Waals surface area contributed by atoms with E-state index in [-0.39, 0.29) is 18.0 Å². The Morgan fingerprint density at radius 1 is 1.53 bits per heavy atom. The van der Waals surface area contributed by atoms with Crippen molar-refractivity contribution in [2.24, 2.45) is 5.73 Å². The van der Waals surface area contributed by atoms with Crippen LogP contribution >= 0.6 is 23.7 Å². The van der Waals surface area contributed by atoms with Gasteiger partial charge in [0.1, 0.15) is 5.01 Å². The molecule has 80 valence electrons. The van der Waals surface area contributed by atoms with Gasteiger partial charge < -0.3 is 10.8 Å². The van der Waals surface area contributed by atoms with E-state index in [2.05, 4.69) is 4.98 Å². The van der Waals surface area contributed by atoms with Gasteiger partial charge in [0.25, 0.3) is 0 Å². The molecule has 0 fully saturated rings. The summed E-state index contributed by atoms with van der Waals surface area (Å²) in [5, 5.41) is 9.66. The van der Waals surface area contributed by atoms with Gasteiger partial charge >= 0.3 is 5.97 Å². The van der Waals surface area contributed by atoms with Crippen LogP contribution in [-0.2, 0) is 6.54 Å². The average Bonchev–Trinajstić information content (AvgIpc) is 2.59. The third-order valence-corrected chi connectivity index (χ3v) is 2.91. The third kappa shape index (κ3) is 2.09. The Labute approximate surface area is 96.2 Å². The van der Waals surface area contributed by atoms with Crippen molar-refractivity contribution in [1.82, 2.24) is 4.98 Å². The zero-order valence-electron chi connectivity index (χ0n) is 7.64. The van der Waals surface area contributed by atoms with Gasteiger partial charge in [-0.1, -0.05) is 6.07 Å². The van der Waals surface area contributed by atoms with E-state index in [0.29, 0.717) is 12.1 Å². The van der Waals surface area contributed by atoms with Crippen molar-refractivity contribution in [3.05, 3.63) is 28.8 Å². The van der Waals surface area contributed by atoms with Crippen LogP contribution in [0.2, 0.25) is 0 Å². The molecule has 2 rings (SSSR count). The number of para-hydroxylation sites is 1. The molecule has 0 aliphatic heterocycles. The number of carbonyl (C=O) groups is 1. The number of aromatic nitrogens is 1. The Kier molecular flexibility index (Phi) is 3.62. The number of nitrogens with two attached hydrogens (primary N) is 1. The SMILES string of the molecule is Cl.NCc1nc2c(C(=O)O)cccc2s1. The number of hydrogen-bond donors (Lipinski definition) is 2. The van der Waals surface area contributed by atoms with Gasteiger partial charge in [-0.3, -0.25) is 0 Å². The van der Waals surface area contributed by atoms with Crippen molar-refractivity contribution in [3.8, 4) is 0 Å². The van der Waals surface area contributed by atoms with Crippen LogP contribution in [0.5, 0.6) is 0 Å². The molecule has 15 heavy (non-hydrogen) atoms. The first-order valence-corrected chi connectivity index (χ1v) is 4.86. The Bertz CT molecular complexity index is 498. The summed E-state index contributed by atoms with van der Waals surface area (Å²) in [6, 6.07) is 5.10. The molecular formula is C9H9ClN2O2S. The van der Waals surface area contributed by atoms with Gasteiger partial charge in [0, 0.05) is 6.54 Å². The molecule has 0 aliphatic rings. The van der Waals surface area contributed by atoms with Crippen LogP contribution in [0.15, 0.2) is 18.2 Å². The predicted octanol–water partition coefficient (Wildman–Crippen LogP) is 1.88. The fraction of sp³-hybridized carbons (Fsp3) is 0.111. The summed E-state index contributed by atoms with van der Waals surface area (Å²) >= 11 is 1.43. The van der Waals surface area contributed by atoms with Gasteiger partial charge in [-0.15, -0.1) is 23.7 Å².